The van der Waals surface area contributed by atoms with Gasteiger partial charge in [0.15, 0.2) is 21.5 Å². The zero-order chi connectivity index (χ0) is 14.4. The van der Waals surface area contributed by atoms with Crippen molar-refractivity contribution >= 4 is 39.6 Å². The first-order valence-electron chi connectivity index (χ1n) is 5.81. The van der Waals surface area contributed by atoms with Crippen LogP contribution in [-0.4, -0.2) is 59.8 Å². The van der Waals surface area contributed by atoms with Gasteiger partial charge >= 0.3 is 0 Å². The maximum Gasteiger partial charge on any atom is 0.194 e. The Hall–Kier alpha value is -1.08. The van der Waals surface area contributed by atoms with Gasteiger partial charge in [-0.25, -0.2) is 15.0 Å². The lowest BCUT2D eigenvalue weighted by molar-refractivity contribution is -0.0511. The molecule has 4 atom stereocenters. The molecule has 1 saturated heterocycles. The minimum absolute atomic E-state index is 0.227. The van der Waals surface area contributed by atoms with Crippen LogP contribution in [0, 0.1) is 3.83 Å². The molecule has 20 heavy (non-hydrogen) atoms. The highest BCUT2D eigenvalue weighted by molar-refractivity contribution is 14.1. The summed E-state index contributed by atoms with van der Waals surface area (Å²) in [5.74, 6) is 0.227. The summed E-state index contributed by atoms with van der Waals surface area (Å²) < 4.78 is 7.34. The summed E-state index contributed by atoms with van der Waals surface area (Å²) in [7, 11) is 0. The van der Waals surface area contributed by atoms with Gasteiger partial charge < -0.3 is 25.8 Å². The van der Waals surface area contributed by atoms with Crippen molar-refractivity contribution in [2.24, 2.45) is 0 Å². The lowest BCUT2D eigenvalue weighted by Crippen LogP contribution is -2.33. The predicted octanol–water partition coefficient (Wildman–Crippen LogP) is -1.38. The van der Waals surface area contributed by atoms with E-state index < -0.39 is 31.1 Å². The third-order valence-electron chi connectivity index (χ3n) is 3.21. The molecule has 108 valence electrons. The van der Waals surface area contributed by atoms with E-state index >= 15 is 0 Å². The van der Waals surface area contributed by atoms with Gasteiger partial charge in [-0.05, 0) is 0 Å². The van der Waals surface area contributed by atoms with Gasteiger partial charge in [-0.15, -0.1) is 0 Å². The molecular weight excluding hydrogens is 381 g/mol. The van der Waals surface area contributed by atoms with Crippen LogP contribution in [-0.2, 0) is 4.74 Å². The number of rotatable bonds is 2. The fourth-order valence-electron chi connectivity index (χ4n) is 2.21. The molecule has 10 heteroatoms. The van der Waals surface area contributed by atoms with Crippen LogP contribution >= 0.6 is 22.6 Å². The van der Waals surface area contributed by atoms with E-state index in [-0.39, 0.29) is 5.82 Å². The molecule has 0 bridgehead atoms. The number of nitrogens with two attached hydrogens (primary N) is 1. The second kappa shape index (κ2) is 5.04. The van der Waals surface area contributed by atoms with E-state index in [1.807, 2.05) is 22.6 Å². The zero-order valence-electron chi connectivity index (χ0n) is 10.1. The van der Waals surface area contributed by atoms with Crippen molar-refractivity contribution in [1.82, 2.24) is 19.5 Å². The molecule has 0 radical (unpaired) electrons. The Balaban J connectivity index is 2.07. The van der Waals surface area contributed by atoms with Crippen molar-refractivity contribution in [2.75, 3.05) is 12.3 Å². The Kier molecular flexibility index (Phi) is 3.50. The van der Waals surface area contributed by atoms with Crippen LogP contribution in [0.3, 0.4) is 0 Å². The minimum atomic E-state index is -1.20. The molecule has 0 aromatic carbocycles. The number of aliphatic hydroxyl groups is 3. The predicted molar refractivity (Wildman–Crippen MR) is 75.5 cm³/mol. The van der Waals surface area contributed by atoms with Gasteiger partial charge in [0.05, 0.1) is 12.9 Å². The number of fused-ring (bicyclic) bond motifs is 1. The average Bonchev–Trinajstić information content (AvgIpc) is 2.93. The van der Waals surface area contributed by atoms with E-state index in [4.69, 9.17) is 15.6 Å². The van der Waals surface area contributed by atoms with Gasteiger partial charge in [-0.3, -0.25) is 4.57 Å². The summed E-state index contributed by atoms with van der Waals surface area (Å²) in [6.45, 7) is -0.393. The summed E-state index contributed by atoms with van der Waals surface area (Å²) in [5.41, 5.74) is 6.55. The maximum atomic E-state index is 10.0. The molecule has 2 aromatic rings. The third kappa shape index (κ3) is 2.03. The fourth-order valence-corrected chi connectivity index (χ4v) is 2.70. The molecule has 2 aromatic heterocycles. The largest absolute Gasteiger partial charge is 0.394 e. The number of nitrogens with zero attached hydrogens (tertiary/aromatic N) is 4. The van der Waals surface area contributed by atoms with Crippen LogP contribution in [0.15, 0.2) is 6.33 Å². The van der Waals surface area contributed by atoms with Gasteiger partial charge in [0.1, 0.15) is 23.8 Å². The summed E-state index contributed by atoms with van der Waals surface area (Å²) in [4.78, 5) is 12.3. The number of nitrogen functional groups attached to an aromatic ring is 1. The Morgan fingerprint density at radius 3 is 2.75 bits per heavy atom. The Labute approximate surface area is 126 Å². The van der Waals surface area contributed by atoms with Crippen LogP contribution < -0.4 is 5.73 Å². The molecule has 0 amide bonds. The number of aliphatic hydroxyl groups excluding tert-OH is 3. The van der Waals surface area contributed by atoms with Gasteiger partial charge in [-0.1, -0.05) is 0 Å². The molecule has 9 nitrogen and oxygen atoms in total. The van der Waals surface area contributed by atoms with Gasteiger partial charge in [-0.2, -0.15) is 0 Å². The number of hydrogen-bond acceptors (Lipinski definition) is 8. The topological polar surface area (TPSA) is 140 Å². The zero-order valence-corrected chi connectivity index (χ0v) is 12.2. The molecule has 5 N–H and O–H groups in total. The SMILES string of the molecule is Nc1nc(I)nc2c1ncn2C1O[C@H](CO)C(O)C1O. The smallest absolute Gasteiger partial charge is 0.194 e. The maximum absolute atomic E-state index is 10.0. The van der Waals surface area contributed by atoms with E-state index in [0.29, 0.717) is 15.0 Å². The summed E-state index contributed by atoms with van der Waals surface area (Å²) in [6, 6.07) is 0. The number of imidazole rings is 1. The van der Waals surface area contributed by atoms with Gasteiger partial charge in [0.25, 0.3) is 0 Å². The Bertz CT molecular complexity index is 650. The number of halogens is 1. The molecule has 3 heterocycles. The fraction of sp³-hybridized carbons (Fsp3) is 0.500. The lowest BCUT2D eigenvalue weighted by atomic mass is 10.1. The second-order valence-corrected chi connectivity index (χ2v) is 5.40. The van der Waals surface area contributed by atoms with Crippen LogP contribution in [0.4, 0.5) is 5.82 Å². The first-order valence-corrected chi connectivity index (χ1v) is 6.88. The number of hydrogen-bond donors (Lipinski definition) is 4. The average molecular weight is 393 g/mol. The minimum Gasteiger partial charge on any atom is -0.394 e. The molecule has 1 aliphatic rings. The highest BCUT2D eigenvalue weighted by Gasteiger charge is 2.44. The lowest BCUT2D eigenvalue weighted by Gasteiger charge is -2.16. The first kappa shape index (κ1) is 13.9. The standard InChI is InChI=1S/C10H12IN5O4/c11-10-14-7(12)4-8(15-10)16(2-13-4)9-6(19)5(18)3(1-17)20-9/h2-3,5-6,9,17-19H,1H2,(H2,12,14,15)/t3-,5?,6?,9?/m1/s1. The van der Waals surface area contributed by atoms with Crippen molar-refractivity contribution in [3.63, 3.8) is 0 Å². The van der Waals surface area contributed by atoms with Crippen molar-refractivity contribution in [2.45, 2.75) is 24.5 Å². The molecule has 0 spiro atoms. The van der Waals surface area contributed by atoms with Crippen molar-refractivity contribution in [3.8, 4) is 0 Å². The van der Waals surface area contributed by atoms with Gasteiger partial charge in [0.2, 0.25) is 0 Å². The molecular formula is C10H12IN5O4. The summed E-state index contributed by atoms with van der Waals surface area (Å²) in [6.07, 6.45) is -2.71. The monoisotopic (exact) mass is 393 g/mol. The van der Waals surface area contributed by atoms with E-state index in [1.54, 1.807) is 0 Å². The molecule has 3 rings (SSSR count). The highest BCUT2D eigenvalue weighted by Crippen LogP contribution is 2.31. The Morgan fingerprint density at radius 1 is 1.35 bits per heavy atom. The molecule has 1 aliphatic heterocycles. The highest BCUT2D eigenvalue weighted by atomic mass is 127. The van der Waals surface area contributed by atoms with E-state index in [0.717, 1.165) is 0 Å². The molecule has 0 saturated carbocycles. The summed E-state index contributed by atoms with van der Waals surface area (Å²) >= 11 is 1.92. The van der Waals surface area contributed by atoms with Crippen LogP contribution in [0.1, 0.15) is 6.23 Å². The number of anilines is 1. The van der Waals surface area contributed by atoms with Crippen molar-refractivity contribution in [3.05, 3.63) is 10.2 Å². The van der Waals surface area contributed by atoms with Crippen molar-refractivity contribution in [1.29, 1.82) is 0 Å². The number of ether oxygens (including phenoxy) is 1. The van der Waals surface area contributed by atoms with E-state index in [2.05, 4.69) is 15.0 Å². The third-order valence-corrected chi connectivity index (χ3v) is 3.69. The molecule has 3 unspecified atom stereocenters. The van der Waals surface area contributed by atoms with Crippen LogP contribution in [0.25, 0.3) is 11.2 Å². The van der Waals surface area contributed by atoms with Crippen LogP contribution in [0.2, 0.25) is 0 Å². The normalized spacial score (nSPS) is 30.2. The molecule has 1 fully saturated rings. The molecule has 0 aliphatic carbocycles. The Morgan fingerprint density at radius 2 is 2.10 bits per heavy atom. The first-order chi connectivity index (χ1) is 9.52. The van der Waals surface area contributed by atoms with Crippen molar-refractivity contribution < 1.29 is 20.1 Å². The van der Waals surface area contributed by atoms with Gasteiger partial charge in [0, 0.05) is 22.6 Å². The quantitative estimate of drug-likeness (QED) is 0.362. The number of aromatic nitrogens is 4. The second-order valence-electron chi connectivity index (χ2n) is 4.43. The summed E-state index contributed by atoms with van der Waals surface area (Å²) in [5, 5.41) is 28.9. The van der Waals surface area contributed by atoms with E-state index in [9.17, 15) is 10.2 Å². The van der Waals surface area contributed by atoms with E-state index in [1.165, 1.54) is 10.9 Å². The van der Waals surface area contributed by atoms with Crippen LogP contribution in [0.5, 0.6) is 0 Å².